The van der Waals surface area contributed by atoms with Crippen LogP contribution in [0.3, 0.4) is 0 Å². The van der Waals surface area contributed by atoms with E-state index in [0.717, 1.165) is 6.07 Å². The van der Waals surface area contributed by atoms with Gasteiger partial charge in [-0.1, -0.05) is 5.92 Å². The molecule has 0 amide bonds. The molecule has 0 saturated heterocycles. The van der Waals surface area contributed by atoms with Gasteiger partial charge in [0.1, 0.15) is 5.69 Å². The van der Waals surface area contributed by atoms with Gasteiger partial charge in [0.25, 0.3) is 0 Å². The lowest BCUT2D eigenvalue weighted by molar-refractivity contribution is 0.0691. The van der Waals surface area contributed by atoms with E-state index in [0.29, 0.717) is 12.3 Å². The molecule has 5 heteroatoms. The van der Waals surface area contributed by atoms with Crippen LogP contribution in [-0.4, -0.2) is 21.9 Å². The van der Waals surface area contributed by atoms with Gasteiger partial charge < -0.3 is 5.11 Å². The minimum atomic E-state index is -1.34. The Kier molecular flexibility index (Phi) is 4.07. The lowest BCUT2D eigenvalue weighted by Crippen LogP contribution is -2.03. The molecule has 0 aromatic carbocycles. The van der Waals surface area contributed by atoms with Crippen LogP contribution in [0.4, 0.5) is 4.39 Å². The average Bonchev–Trinajstić information content (AvgIpc) is 2.20. The van der Waals surface area contributed by atoms with Crippen LogP contribution in [0.15, 0.2) is 12.3 Å². The molecule has 78 valence electrons. The van der Waals surface area contributed by atoms with Crippen LogP contribution in [0.5, 0.6) is 0 Å². The number of aromatic nitrogens is 1. The molecule has 0 unspecified atom stereocenters. The number of hydrogen-bond donors (Lipinski definition) is 1. The summed E-state index contributed by atoms with van der Waals surface area (Å²) in [5.74, 6) is 3.10. The maximum absolute atomic E-state index is 13.4. The van der Waals surface area contributed by atoms with Crippen LogP contribution < -0.4 is 0 Å². The van der Waals surface area contributed by atoms with Crippen LogP contribution in [0.1, 0.15) is 22.5 Å². The monoisotopic (exact) mass is 227 g/mol. The van der Waals surface area contributed by atoms with Crippen LogP contribution >= 0.6 is 11.6 Å². The molecule has 1 rings (SSSR count). The fourth-order valence-electron chi connectivity index (χ4n) is 0.890. The van der Waals surface area contributed by atoms with Crippen molar-refractivity contribution in [3.8, 4) is 11.8 Å². The van der Waals surface area contributed by atoms with Crippen molar-refractivity contribution in [3.05, 3.63) is 29.3 Å². The molecule has 0 atom stereocenters. The average molecular weight is 228 g/mol. The molecule has 0 aliphatic heterocycles. The van der Waals surface area contributed by atoms with Crippen molar-refractivity contribution in [2.45, 2.75) is 6.42 Å². The first-order valence-electron chi connectivity index (χ1n) is 4.09. The molecule has 1 N–H and O–H groups in total. The van der Waals surface area contributed by atoms with Gasteiger partial charge in [-0.05, 0) is 12.0 Å². The normalized spacial score (nSPS) is 9.20. The minimum Gasteiger partial charge on any atom is -0.478 e. The Balaban J connectivity index is 3.06. The van der Waals surface area contributed by atoms with Gasteiger partial charge in [-0.25, -0.2) is 14.2 Å². The maximum atomic E-state index is 13.4. The third-order valence-corrected chi connectivity index (χ3v) is 1.73. The Morgan fingerprint density at radius 1 is 1.67 bits per heavy atom. The summed E-state index contributed by atoms with van der Waals surface area (Å²) >= 11 is 5.38. The second kappa shape index (κ2) is 5.32. The van der Waals surface area contributed by atoms with E-state index >= 15 is 0 Å². The van der Waals surface area contributed by atoms with Gasteiger partial charge in [-0.2, -0.15) is 0 Å². The van der Waals surface area contributed by atoms with Crippen LogP contribution in [0, 0.1) is 17.7 Å². The van der Waals surface area contributed by atoms with Crippen molar-refractivity contribution in [2.24, 2.45) is 0 Å². The minimum absolute atomic E-state index is 0.167. The zero-order valence-corrected chi connectivity index (χ0v) is 8.38. The largest absolute Gasteiger partial charge is 0.478 e. The number of halogens is 2. The van der Waals surface area contributed by atoms with E-state index in [9.17, 15) is 9.18 Å². The van der Waals surface area contributed by atoms with Crippen molar-refractivity contribution in [3.63, 3.8) is 0 Å². The van der Waals surface area contributed by atoms with Gasteiger partial charge in [0.2, 0.25) is 0 Å². The second-order valence-corrected chi connectivity index (χ2v) is 2.94. The summed E-state index contributed by atoms with van der Waals surface area (Å²) in [5, 5.41) is 8.62. The van der Waals surface area contributed by atoms with Crippen molar-refractivity contribution in [1.82, 2.24) is 4.98 Å². The summed E-state index contributed by atoms with van der Waals surface area (Å²) in [7, 11) is 0. The highest BCUT2D eigenvalue weighted by atomic mass is 35.5. The summed E-state index contributed by atoms with van der Waals surface area (Å²) in [6, 6.07) is 1.09. The number of pyridine rings is 1. The molecule has 0 spiro atoms. The number of hydrogen-bond acceptors (Lipinski definition) is 2. The zero-order valence-electron chi connectivity index (χ0n) is 7.63. The van der Waals surface area contributed by atoms with Crippen molar-refractivity contribution in [2.75, 3.05) is 5.88 Å². The summed E-state index contributed by atoms with van der Waals surface area (Å²) in [5.41, 5.74) is -0.597. The number of aromatic carboxylic acids is 1. The van der Waals surface area contributed by atoms with E-state index in [2.05, 4.69) is 16.8 Å². The van der Waals surface area contributed by atoms with E-state index in [1.807, 2.05) is 0 Å². The van der Waals surface area contributed by atoms with E-state index in [1.165, 1.54) is 6.20 Å². The molecular weight excluding hydrogens is 221 g/mol. The zero-order chi connectivity index (χ0) is 11.3. The van der Waals surface area contributed by atoms with E-state index < -0.39 is 17.3 Å². The van der Waals surface area contributed by atoms with Crippen LogP contribution in [0.25, 0.3) is 0 Å². The highest BCUT2D eigenvalue weighted by molar-refractivity contribution is 6.18. The van der Waals surface area contributed by atoms with E-state index in [-0.39, 0.29) is 5.69 Å². The molecule has 0 saturated carbocycles. The summed E-state index contributed by atoms with van der Waals surface area (Å²) in [6.07, 6.45) is 1.61. The number of nitrogens with zero attached hydrogens (tertiary/aromatic N) is 1. The summed E-state index contributed by atoms with van der Waals surface area (Å²) < 4.78 is 13.4. The number of carboxylic acids is 1. The molecule has 0 aliphatic carbocycles. The topological polar surface area (TPSA) is 50.2 Å². The van der Waals surface area contributed by atoms with Gasteiger partial charge in [-0.3, -0.25) is 0 Å². The molecule has 0 fully saturated rings. The maximum Gasteiger partial charge on any atom is 0.338 e. The van der Waals surface area contributed by atoms with Crippen molar-refractivity contribution in [1.29, 1.82) is 0 Å². The van der Waals surface area contributed by atoms with Crippen molar-refractivity contribution >= 4 is 17.6 Å². The second-order valence-electron chi connectivity index (χ2n) is 2.57. The number of carboxylic acid groups (broad SMARTS) is 1. The smallest absolute Gasteiger partial charge is 0.338 e. The Morgan fingerprint density at radius 2 is 2.40 bits per heavy atom. The lowest BCUT2D eigenvalue weighted by Gasteiger charge is -1.97. The third-order valence-electron chi connectivity index (χ3n) is 1.55. The third kappa shape index (κ3) is 2.93. The molecule has 0 bridgehead atoms. The predicted molar refractivity (Wildman–Crippen MR) is 53.4 cm³/mol. The fraction of sp³-hybridized carbons (Fsp3) is 0.200. The highest BCUT2D eigenvalue weighted by Gasteiger charge is 2.13. The summed E-state index contributed by atoms with van der Waals surface area (Å²) in [4.78, 5) is 14.2. The van der Waals surface area contributed by atoms with Gasteiger partial charge in [0.15, 0.2) is 5.82 Å². The Morgan fingerprint density at radius 3 is 3.00 bits per heavy atom. The molecule has 0 aliphatic rings. The van der Waals surface area contributed by atoms with Gasteiger partial charge >= 0.3 is 5.97 Å². The number of alkyl halides is 1. The molecule has 3 nitrogen and oxygen atoms in total. The van der Waals surface area contributed by atoms with Gasteiger partial charge in [0.05, 0.1) is 5.56 Å². The Hall–Kier alpha value is -1.60. The number of rotatable bonds is 2. The first-order chi connectivity index (χ1) is 7.16. The molecule has 1 heterocycles. The van der Waals surface area contributed by atoms with Crippen LogP contribution in [0.2, 0.25) is 0 Å². The SMILES string of the molecule is O=C(O)c1ccnc(C#CCCCl)c1F. The quantitative estimate of drug-likeness (QED) is 0.620. The highest BCUT2D eigenvalue weighted by Crippen LogP contribution is 2.09. The number of carbonyl (C=O) groups is 1. The van der Waals surface area contributed by atoms with Gasteiger partial charge in [-0.15, -0.1) is 11.6 Å². The molecule has 1 aromatic rings. The fourth-order valence-corrected chi connectivity index (χ4v) is 0.984. The Bertz CT molecular complexity index is 437. The van der Waals surface area contributed by atoms with E-state index in [1.54, 1.807) is 0 Å². The predicted octanol–water partition coefficient (Wildman–Crippen LogP) is 1.90. The molecular formula is C10H7ClFNO2. The first kappa shape index (κ1) is 11.5. The van der Waals surface area contributed by atoms with E-state index in [4.69, 9.17) is 16.7 Å². The molecule has 1 aromatic heterocycles. The summed E-state index contributed by atoms with van der Waals surface area (Å²) in [6.45, 7) is 0. The molecule has 15 heavy (non-hydrogen) atoms. The molecule has 0 radical (unpaired) electrons. The van der Waals surface area contributed by atoms with Crippen LogP contribution in [-0.2, 0) is 0 Å². The van der Waals surface area contributed by atoms with Crippen molar-refractivity contribution < 1.29 is 14.3 Å². The standard InChI is InChI=1S/C10H7ClFNO2/c11-5-2-1-3-8-9(12)7(10(14)15)4-6-13-8/h4,6H,2,5H2,(H,14,15). The Labute approximate surface area is 90.9 Å². The lowest BCUT2D eigenvalue weighted by atomic mass is 10.2. The first-order valence-corrected chi connectivity index (χ1v) is 4.63. The van der Waals surface area contributed by atoms with Gasteiger partial charge in [0, 0.05) is 18.5 Å².